The molecule has 0 radical (unpaired) electrons. The molecular formula is C19H21N3OS2. The van der Waals surface area contributed by atoms with Crippen LogP contribution < -0.4 is 4.80 Å². The summed E-state index contributed by atoms with van der Waals surface area (Å²) in [5.74, 6) is 0.821. The lowest BCUT2D eigenvalue weighted by Gasteiger charge is -2.16. The predicted molar refractivity (Wildman–Crippen MR) is 104 cm³/mol. The van der Waals surface area contributed by atoms with Gasteiger partial charge in [-0.1, -0.05) is 19.3 Å². The molecule has 1 aliphatic rings. The van der Waals surface area contributed by atoms with E-state index >= 15 is 0 Å². The Morgan fingerprint density at radius 3 is 2.80 bits per heavy atom. The number of hydrogen-bond donors (Lipinski definition) is 0. The number of aryl methyl sites for hydroxylation is 1. The lowest BCUT2D eigenvalue weighted by Crippen LogP contribution is -2.18. The smallest absolute Gasteiger partial charge is 0.206 e. The standard InChI is InChI=1S/C19H21N3OS2/c1-14-9-11-24-18(14)12-20-22-16(17-8-5-10-23-17)13-25-19(22)21-15-6-3-2-4-7-15/h5,8-13,15H,2-4,6-7H2,1H3. The SMILES string of the molecule is Cc1ccsc1C=Nn1c(-c2ccco2)csc1=NC1CCCCC1. The zero-order valence-corrected chi connectivity index (χ0v) is 15.9. The molecule has 4 rings (SSSR count). The van der Waals surface area contributed by atoms with Crippen LogP contribution in [0, 0.1) is 6.92 Å². The summed E-state index contributed by atoms with van der Waals surface area (Å²) < 4.78 is 7.53. The van der Waals surface area contributed by atoms with Gasteiger partial charge in [0.25, 0.3) is 0 Å². The normalized spacial score (nSPS) is 16.9. The van der Waals surface area contributed by atoms with E-state index in [4.69, 9.17) is 14.5 Å². The number of hydrogen-bond acceptors (Lipinski definition) is 5. The van der Waals surface area contributed by atoms with Crippen LogP contribution in [0.2, 0.25) is 0 Å². The van der Waals surface area contributed by atoms with E-state index in [0.717, 1.165) is 16.3 Å². The molecule has 0 aliphatic heterocycles. The van der Waals surface area contributed by atoms with Gasteiger partial charge in [0.2, 0.25) is 4.80 Å². The Bertz CT molecular complexity index is 909. The maximum Gasteiger partial charge on any atom is 0.206 e. The van der Waals surface area contributed by atoms with E-state index in [1.54, 1.807) is 28.9 Å². The van der Waals surface area contributed by atoms with Gasteiger partial charge in [-0.05, 0) is 48.9 Å². The minimum atomic E-state index is 0.418. The number of nitrogens with zero attached hydrogens (tertiary/aromatic N) is 3. The average Bonchev–Trinajstić information content (AvgIpc) is 3.36. The summed E-state index contributed by atoms with van der Waals surface area (Å²) >= 11 is 3.34. The maximum atomic E-state index is 5.60. The maximum absolute atomic E-state index is 5.60. The van der Waals surface area contributed by atoms with Crippen molar-refractivity contribution in [2.75, 3.05) is 0 Å². The first-order valence-corrected chi connectivity index (χ1v) is 10.4. The average molecular weight is 372 g/mol. The topological polar surface area (TPSA) is 42.8 Å². The molecule has 1 saturated carbocycles. The second-order valence-electron chi connectivity index (χ2n) is 6.33. The van der Waals surface area contributed by atoms with Gasteiger partial charge in [-0.3, -0.25) is 4.99 Å². The summed E-state index contributed by atoms with van der Waals surface area (Å²) in [6.45, 7) is 2.11. The van der Waals surface area contributed by atoms with Crippen LogP contribution in [0.15, 0.2) is 49.7 Å². The minimum Gasteiger partial charge on any atom is -0.463 e. The summed E-state index contributed by atoms with van der Waals surface area (Å²) in [6.07, 6.45) is 9.89. The Hall–Kier alpha value is -1.92. The molecule has 0 amide bonds. The molecule has 25 heavy (non-hydrogen) atoms. The van der Waals surface area contributed by atoms with Crippen LogP contribution >= 0.6 is 22.7 Å². The van der Waals surface area contributed by atoms with E-state index in [-0.39, 0.29) is 0 Å². The quantitative estimate of drug-likeness (QED) is 0.574. The number of rotatable bonds is 4. The van der Waals surface area contributed by atoms with Crippen molar-refractivity contribution in [2.24, 2.45) is 10.1 Å². The molecule has 3 aromatic rings. The molecule has 1 fully saturated rings. The van der Waals surface area contributed by atoms with Crippen LogP contribution in [0.4, 0.5) is 0 Å². The van der Waals surface area contributed by atoms with Gasteiger partial charge in [-0.25, -0.2) is 4.68 Å². The van der Waals surface area contributed by atoms with E-state index in [1.807, 2.05) is 23.0 Å². The van der Waals surface area contributed by atoms with Gasteiger partial charge in [0.15, 0.2) is 5.76 Å². The van der Waals surface area contributed by atoms with E-state index in [0.29, 0.717) is 6.04 Å². The minimum absolute atomic E-state index is 0.418. The van der Waals surface area contributed by atoms with Gasteiger partial charge < -0.3 is 4.42 Å². The lowest BCUT2D eigenvalue weighted by atomic mass is 9.96. The van der Waals surface area contributed by atoms with Gasteiger partial charge in [0.05, 0.1) is 23.4 Å². The van der Waals surface area contributed by atoms with Crippen LogP contribution in [0.5, 0.6) is 0 Å². The van der Waals surface area contributed by atoms with E-state index in [1.165, 1.54) is 42.5 Å². The third-order valence-corrected chi connectivity index (χ3v) is 6.30. The Labute approximate surface area is 155 Å². The van der Waals surface area contributed by atoms with Gasteiger partial charge >= 0.3 is 0 Å². The van der Waals surface area contributed by atoms with E-state index in [2.05, 4.69) is 23.8 Å². The summed E-state index contributed by atoms with van der Waals surface area (Å²) in [4.78, 5) is 7.12. The molecule has 4 nitrogen and oxygen atoms in total. The molecule has 0 unspecified atom stereocenters. The van der Waals surface area contributed by atoms with Crippen molar-refractivity contribution in [3.8, 4) is 11.5 Å². The van der Waals surface area contributed by atoms with Crippen LogP contribution in [0.3, 0.4) is 0 Å². The van der Waals surface area contributed by atoms with Gasteiger partial charge in [0, 0.05) is 5.38 Å². The largest absolute Gasteiger partial charge is 0.463 e. The third kappa shape index (κ3) is 3.70. The van der Waals surface area contributed by atoms with Crippen molar-refractivity contribution < 1.29 is 4.42 Å². The lowest BCUT2D eigenvalue weighted by molar-refractivity contribution is 0.435. The molecule has 6 heteroatoms. The Morgan fingerprint density at radius 2 is 2.08 bits per heavy atom. The monoisotopic (exact) mass is 371 g/mol. The molecule has 1 aliphatic carbocycles. The Morgan fingerprint density at radius 1 is 1.20 bits per heavy atom. The molecule has 0 bridgehead atoms. The van der Waals surface area contributed by atoms with Crippen molar-refractivity contribution in [3.63, 3.8) is 0 Å². The highest BCUT2D eigenvalue weighted by Gasteiger charge is 2.14. The number of thiophene rings is 1. The molecular weight excluding hydrogens is 350 g/mol. The van der Waals surface area contributed by atoms with Crippen molar-refractivity contribution in [2.45, 2.75) is 45.1 Å². The van der Waals surface area contributed by atoms with Crippen LogP contribution in [-0.2, 0) is 0 Å². The Kier molecular flexibility index (Phi) is 4.99. The highest BCUT2D eigenvalue weighted by Crippen LogP contribution is 2.23. The highest BCUT2D eigenvalue weighted by atomic mass is 32.1. The van der Waals surface area contributed by atoms with E-state index in [9.17, 15) is 0 Å². The first kappa shape index (κ1) is 16.5. The number of thiazole rings is 1. The second kappa shape index (κ2) is 7.54. The first-order chi connectivity index (χ1) is 12.3. The fourth-order valence-corrected chi connectivity index (χ4v) is 4.76. The molecule has 3 heterocycles. The van der Waals surface area contributed by atoms with Crippen molar-refractivity contribution in [3.05, 3.63) is 50.5 Å². The van der Waals surface area contributed by atoms with Gasteiger partial charge in [0.1, 0.15) is 5.69 Å². The summed E-state index contributed by atoms with van der Waals surface area (Å²) in [6, 6.07) is 6.41. The molecule has 130 valence electrons. The first-order valence-electron chi connectivity index (χ1n) is 8.68. The van der Waals surface area contributed by atoms with Crippen LogP contribution in [0.1, 0.15) is 42.5 Å². The van der Waals surface area contributed by atoms with Crippen LogP contribution in [0.25, 0.3) is 11.5 Å². The summed E-state index contributed by atoms with van der Waals surface area (Å²) in [5, 5.41) is 8.93. The van der Waals surface area contributed by atoms with Crippen molar-refractivity contribution in [1.29, 1.82) is 0 Å². The molecule has 3 aromatic heterocycles. The third-order valence-electron chi connectivity index (χ3n) is 4.52. The predicted octanol–water partition coefficient (Wildman–Crippen LogP) is 5.30. The van der Waals surface area contributed by atoms with Crippen molar-refractivity contribution >= 4 is 28.9 Å². The zero-order chi connectivity index (χ0) is 17.1. The molecule has 0 spiro atoms. The van der Waals surface area contributed by atoms with Crippen LogP contribution in [-0.4, -0.2) is 16.9 Å². The zero-order valence-electron chi connectivity index (χ0n) is 14.2. The van der Waals surface area contributed by atoms with Gasteiger partial charge in [-0.15, -0.1) is 22.7 Å². The summed E-state index contributed by atoms with van der Waals surface area (Å²) in [5.41, 5.74) is 2.20. The Balaban J connectivity index is 1.75. The van der Waals surface area contributed by atoms with Crippen molar-refractivity contribution in [1.82, 2.24) is 4.68 Å². The second-order valence-corrected chi connectivity index (χ2v) is 8.11. The van der Waals surface area contributed by atoms with Gasteiger partial charge in [-0.2, -0.15) is 5.10 Å². The summed E-state index contributed by atoms with van der Waals surface area (Å²) in [7, 11) is 0. The number of furan rings is 1. The fraction of sp³-hybridized carbons (Fsp3) is 0.368. The fourth-order valence-electron chi connectivity index (χ4n) is 3.09. The molecule has 0 atom stereocenters. The highest BCUT2D eigenvalue weighted by molar-refractivity contribution is 7.11. The molecule has 0 N–H and O–H groups in total. The molecule has 0 saturated heterocycles. The van der Waals surface area contributed by atoms with E-state index < -0.39 is 0 Å². The molecule has 0 aromatic carbocycles. The number of aromatic nitrogens is 1.